The Labute approximate surface area is 119 Å². The summed E-state index contributed by atoms with van der Waals surface area (Å²) in [5, 5.41) is 18.8. The average molecular weight is 276 g/mol. The van der Waals surface area contributed by atoms with Crippen molar-refractivity contribution in [2.75, 3.05) is 39.5 Å². The summed E-state index contributed by atoms with van der Waals surface area (Å²) in [6.45, 7) is 4.12. The smallest absolute Gasteiger partial charge is 0.120 e. The van der Waals surface area contributed by atoms with Crippen LogP contribution in [0.25, 0.3) is 0 Å². The van der Waals surface area contributed by atoms with Crippen LogP contribution in [0.1, 0.15) is 12.0 Å². The highest BCUT2D eigenvalue weighted by Gasteiger charge is 2.14. The number of nitriles is 1. The van der Waals surface area contributed by atoms with Gasteiger partial charge in [0.1, 0.15) is 18.5 Å². The van der Waals surface area contributed by atoms with Crippen LogP contribution < -0.4 is 4.74 Å². The van der Waals surface area contributed by atoms with Crippen molar-refractivity contribution < 1.29 is 14.6 Å². The first kappa shape index (κ1) is 14.8. The number of aliphatic hydroxyl groups is 1. The van der Waals surface area contributed by atoms with Crippen molar-refractivity contribution in [3.8, 4) is 11.8 Å². The van der Waals surface area contributed by atoms with Crippen LogP contribution in [-0.2, 0) is 4.74 Å². The van der Waals surface area contributed by atoms with Crippen molar-refractivity contribution in [1.82, 2.24) is 4.90 Å². The highest BCUT2D eigenvalue weighted by Crippen LogP contribution is 2.13. The number of nitrogens with zero attached hydrogens (tertiary/aromatic N) is 2. The SMILES string of the molecule is N#Cc1cccc(OCC(O)CN2CCCOCC2)c1. The summed E-state index contributed by atoms with van der Waals surface area (Å²) in [7, 11) is 0. The Morgan fingerprint density at radius 2 is 2.30 bits per heavy atom. The number of β-amino-alcohol motifs (C(OH)–C–C–N with tert-alkyl or cyclic N) is 1. The zero-order valence-corrected chi connectivity index (χ0v) is 11.5. The normalized spacial score (nSPS) is 18.0. The molecule has 1 aliphatic rings. The Kier molecular flexibility index (Phi) is 5.81. The summed E-state index contributed by atoms with van der Waals surface area (Å²) >= 11 is 0. The minimum Gasteiger partial charge on any atom is -0.491 e. The van der Waals surface area contributed by atoms with Gasteiger partial charge in [0.2, 0.25) is 0 Å². The fourth-order valence-corrected chi connectivity index (χ4v) is 2.18. The molecule has 1 N–H and O–H groups in total. The molecule has 0 spiro atoms. The maximum absolute atomic E-state index is 10.0. The van der Waals surface area contributed by atoms with Crippen LogP contribution in [0.5, 0.6) is 5.75 Å². The summed E-state index contributed by atoms with van der Waals surface area (Å²) in [5.41, 5.74) is 0.557. The minimum atomic E-state index is -0.543. The number of aliphatic hydroxyl groups excluding tert-OH is 1. The molecule has 0 aliphatic carbocycles. The quantitative estimate of drug-likeness (QED) is 0.870. The maximum Gasteiger partial charge on any atom is 0.120 e. The first-order valence-corrected chi connectivity index (χ1v) is 6.89. The van der Waals surface area contributed by atoms with E-state index in [2.05, 4.69) is 11.0 Å². The van der Waals surface area contributed by atoms with Gasteiger partial charge in [-0.05, 0) is 24.6 Å². The van der Waals surface area contributed by atoms with Gasteiger partial charge in [-0.1, -0.05) is 6.07 Å². The standard InChI is InChI=1S/C15H20N2O3/c16-10-13-3-1-4-15(9-13)20-12-14(18)11-17-5-2-7-19-8-6-17/h1,3-4,9,14,18H,2,5-8,11-12H2. The van der Waals surface area contributed by atoms with Gasteiger partial charge < -0.3 is 14.6 Å². The highest BCUT2D eigenvalue weighted by atomic mass is 16.5. The predicted octanol–water partition coefficient (Wildman–Crippen LogP) is 1.02. The van der Waals surface area contributed by atoms with Crippen molar-refractivity contribution in [3.63, 3.8) is 0 Å². The van der Waals surface area contributed by atoms with E-state index in [1.807, 2.05) is 0 Å². The number of ether oxygens (including phenoxy) is 2. The predicted molar refractivity (Wildman–Crippen MR) is 74.5 cm³/mol. The van der Waals surface area contributed by atoms with Gasteiger partial charge in [-0.15, -0.1) is 0 Å². The number of rotatable bonds is 5. The molecule has 0 bridgehead atoms. The first-order valence-electron chi connectivity index (χ1n) is 6.89. The lowest BCUT2D eigenvalue weighted by Crippen LogP contribution is -2.37. The Hall–Kier alpha value is -1.61. The second-order valence-corrected chi connectivity index (χ2v) is 4.87. The summed E-state index contributed by atoms with van der Waals surface area (Å²) in [6, 6.07) is 9.01. The molecule has 2 rings (SSSR count). The second kappa shape index (κ2) is 7.85. The maximum atomic E-state index is 10.0. The van der Waals surface area contributed by atoms with E-state index in [-0.39, 0.29) is 6.61 Å². The zero-order valence-electron chi connectivity index (χ0n) is 11.5. The average Bonchev–Trinajstić information content (AvgIpc) is 2.74. The van der Waals surface area contributed by atoms with E-state index >= 15 is 0 Å². The van der Waals surface area contributed by atoms with Gasteiger partial charge in [0.25, 0.3) is 0 Å². The minimum absolute atomic E-state index is 0.228. The van der Waals surface area contributed by atoms with Gasteiger partial charge in [0.15, 0.2) is 0 Å². The van der Waals surface area contributed by atoms with Crippen LogP contribution in [0.2, 0.25) is 0 Å². The lowest BCUT2D eigenvalue weighted by Gasteiger charge is -2.22. The van der Waals surface area contributed by atoms with Gasteiger partial charge in [0.05, 0.1) is 18.2 Å². The largest absolute Gasteiger partial charge is 0.491 e. The zero-order chi connectivity index (χ0) is 14.2. The molecule has 5 nitrogen and oxygen atoms in total. The molecule has 0 amide bonds. The summed E-state index contributed by atoms with van der Waals surface area (Å²) in [4.78, 5) is 2.19. The van der Waals surface area contributed by atoms with Crippen molar-refractivity contribution in [1.29, 1.82) is 5.26 Å². The fourth-order valence-electron chi connectivity index (χ4n) is 2.18. The molecule has 5 heteroatoms. The molecule has 1 heterocycles. The topological polar surface area (TPSA) is 65.7 Å². The molecule has 1 unspecified atom stereocenters. The Morgan fingerprint density at radius 3 is 3.15 bits per heavy atom. The molecule has 1 atom stereocenters. The van der Waals surface area contributed by atoms with Crippen molar-refractivity contribution >= 4 is 0 Å². The molecular formula is C15H20N2O3. The Morgan fingerprint density at radius 1 is 1.40 bits per heavy atom. The van der Waals surface area contributed by atoms with Crippen LogP contribution in [0.3, 0.4) is 0 Å². The van der Waals surface area contributed by atoms with Gasteiger partial charge >= 0.3 is 0 Å². The monoisotopic (exact) mass is 276 g/mol. The molecule has 108 valence electrons. The second-order valence-electron chi connectivity index (χ2n) is 4.87. The molecule has 20 heavy (non-hydrogen) atoms. The number of hydrogen-bond donors (Lipinski definition) is 1. The van der Waals surface area contributed by atoms with Crippen LogP contribution in [0.15, 0.2) is 24.3 Å². The fraction of sp³-hybridized carbons (Fsp3) is 0.533. The van der Waals surface area contributed by atoms with Crippen LogP contribution in [-0.4, -0.2) is 55.6 Å². The lowest BCUT2D eigenvalue weighted by atomic mass is 10.2. The van der Waals surface area contributed by atoms with E-state index in [4.69, 9.17) is 14.7 Å². The third kappa shape index (κ3) is 4.82. The van der Waals surface area contributed by atoms with Gasteiger partial charge in [-0.25, -0.2) is 0 Å². The molecular weight excluding hydrogens is 256 g/mol. The van der Waals surface area contributed by atoms with Gasteiger partial charge in [0, 0.05) is 26.2 Å². The van der Waals surface area contributed by atoms with E-state index in [1.54, 1.807) is 24.3 Å². The van der Waals surface area contributed by atoms with E-state index < -0.39 is 6.10 Å². The van der Waals surface area contributed by atoms with Crippen LogP contribution in [0.4, 0.5) is 0 Å². The van der Waals surface area contributed by atoms with Crippen LogP contribution in [0, 0.1) is 11.3 Å². The molecule has 1 aliphatic heterocycles. The van der Waals surface area contributed by atoms with E-state index in [0.717, 1.165) is 32.7 Å². The van der Waals surface area contributed by atoms with E-state index in [0.29, 0.717) is 17.9 Å². The summed E-state index contributed by atoms with van der Waals surface area (Å²) < 4.78 is 10.9. The van der Waals surface area contributed by atoms with E-state index in [1.165, 1.54) is 0 Å². The molecule has 0 aromatic heterocycles. The molecule has 0 radical (unpaired) electrons. The van der Waals surface area contributed by atoms with Gasteiger partial charge in [-0.2, -0.15) is 5.26 Å². The number of benzene rings is 1. The van der Waals surface area contributed by atoms with Crippen LogP contribution >= 0.6 is 0 Å². The third-order valence-corrected chi connectivity index (χ3v) is 3.19. The number of hydrogen-bond acceptors (Lipinski definition) is 5. The summed E-state index contributed by atoms with van der Waals surface area (Å²) in [5.74, 6) is 0.613. The molecule has 1 saturated heterocycles. The van der Waals surface area contributed by atoms with E-state index in [9.17, 15) is 5.11 Å². The first-order chi connectivity index (χ1) is 9.78. The summed E-state index contributed by atoms with van der Waals surface area (Å²) in [6.07, 6.45) is 0.455. The lowest BCUT2D eigenvalue weighted by molar-refractivity contribution is 0.0658. The molecule has 1 fully saturated rings. The Balaban J connectivity index is 1.76. The molecule has 1 aromatic carbocycles. The van der Waals surface area contributed by atoms with Crippen molar-refractivity contribution in [2.24, 2.45) is 0 Å². The van der Waals surface area contributed by atoms with Crippen molar-refractivity contribution in [2.45, 2.75) is 12.5 Å². The molecule has 0 saturated carbocycles. The molecule has 1 aromatic rings. The third-order valence-electron chi connectivity index (χ3n) is 3.19. The van der Waals surface area contributed by atoms with Gasteiger partial charge in [-0.3, -0.25) is 4.90 Å². The Bertz CT molecular complexity index is 451. The highest BCUT2D eigenvalue weighted by molar-refractivity contribution is 5.36. The van der Waals surface area contributed by atoms with Crippen molar-refractivity contribution in [3.05, 3.63) is 29.8 Å².